The van der Waals surface area contributed by atoms with Crippen LogP contribution in [0.4, 0.5) is 0 Å². The van der Waals surface area contributed by atoms with Gasteiger partial charge in [-0.15, -0.1) is 0 Å². The van der Waals surface area contributed by atoms with Crippen LogP contribution in [0.25, 0.3) is 22.1 Å². The molecular formula is C23H20N2O3. The molecule has 3 aromatic carbocycles. The van der Waals surface area contributed by atoms with Gasteiger partial charge in [0.2, 0.25) is 0 Å². The first-order valence-corrected chi connectivity index (χ1v) is 9.18. The van der Waals surface area contributed by atoms with Crippen LogP contribution in [-0.2, 0) is 0 Å². The van der Waals surface area contributed by atoms with Crippen LogP contribution < -0.4 is 5.32 Å². The fourth-order valence-electron chi connectivity index (χ4n) is 3.23. The minimum atomic E-state index is -0.663. The summed E-state index contributed by atoms with van der Waals surface area (Å²) in [6.45, 7) is 0.330. The summed E-state index contributed by atoms with van der Waals surface area (Å²) in [7, 11) is 0. The molecule has 0 saturated heterocycles. The van der Waals surface area contributed by atoms with Gasteiger partial charge >= 0.3 is 0 Å². The van der Waals surface area contributed by atoms with Gasteiger partial charge in [0.05, 0.1) is 6.10 Å². The van der Waals surface area contributed by atoms with E-state index in [9.17, 15) is 9.90 Å². The van der Waals surface area contributed by atoms with Crippen molar-refractivity contribution in [2.45, 2.75) is 12.5 Å². The summed E-state index contributed by atoms with van der Waals surface area (Å²) in [4.78, 5) is 12.3. The van der Waals surface area contributed by atoms with Gasteiger partial charge in [-0.25, -0.2) is 0 Å². The third-order valence-electron chi connectivity index (χ3n) is 4.69. The van der Waals surface area contributed by atoms with Gasteiger partial charge in [-0.3, -0.25) is 4.79 Å². The zero-order chi connectivity index (χ0) is 19.3. The van der Waals surface area contributed by atoms with Crippen molar-refractivity contribution in [3.63, 3.8) is 0 Å². The summed E-state index contributed by atoms with van der Waals surface area (Å²) in [6.07, 6.45) is -0.257. The number of carbonyl (C=O) groups excluding carboxylic acids is 1. The van der Waals surface area contributed by atoms with Gasteiger partial charge < -0.3 is 14.9 Å². The number of rotatable bonds is 6. The summed E-state index contributed by atoms with van der Waals surface area (Å²) >= 11 is 0. The van der Waals surface area contributed by atoms with Crippen molar-refractivity contribution in [2.75, 3.05) is 6.54 Å². The maximum absolute atomic E-state index is 12.3. The van der Waals surface area contributed by atoms with Gasteiger partial charge in [0.1, 0.15) is 0 Å². The molecular weight excluding hydrogens is 352 g/mol. The van der Waals surface area contributed by atoms with Crippen LogP contribution in [0.15, 0.2) is 83.4 Å². The maximum atomic E-state index is 12.3. The molecule has 0 saturated carbocycles. The molecule has 0 fully saturated rings. The fraction of sp³-hybridized carbons (Fsp3) is 0.130. The second kappa shape index (κ2) is 8.06. The van der Waals surface area contributed by atoms with Gasteiger partial charge in [0, 0.05) is 18.2 Å². The quantitative estimate of drug-likeness (QED) is 0.528. The zero-order valence-corrected chi connectivity index (χ0v) is 15.2. The van der Waals surface area contributed by atoms with Crippen molar-refractivity contribution >= 4 is 16.7 Å². The molecule has 0 aliphatic heterocycles. The van der Waals surface area contributed by atoms with Crippen molar-refractivity contribution in [1.29, 1.82) is 0 Å². The number of nitrogens with zero attached hydrogens (tertiary/aromatic N) is 1. The Balaban J connectivity index is 1.37. The summed E-state index contributed by atoms with van der Waals surface area (Å²) in [5, 5.41) is 19.3. The van der Waals surface area contributed by atoms with E-state index in [2.05, 4.69) is 10.5 Å². The minimum absolute atomic E-state index is 0.221. The predicted molar refractivity (Wildman–Crippen MR) is 108 cm³/mol. The molecule has 2 N–H and O–H groups in total. The average Bonchev–Trinajstić information content (AvgIpc) is 3.24. The Hall–Kier alpha value is -3.44. The van der Waals surface area contributed by atoms with Crippen LogP contribution in [-0.4, -0.2) is 22.7 Å². The third-order valence-corrected chi connectivity index (χ3v) is 4.69. The molecule has 0 aliphatic rings. The van der Waals surface area contributed by atoms with Crippen molar-refractivity contribution in [3.8, 4) is 11.3 Å². The van der Waals surface area contributed by atoms with E-state index in [-0.39, 0.29) is 11.6 Å². The van der Waals surface area contributed by atoms with Gasteiger partial charge in [0.15, 0.2) is 11.5 Å². The molecule has 5 nitrogen and oxygen atoms in total. The van der Waals surface area contributed by atoms with E-state index >= 15 is 0 Å². The zero-order valence-electron chi connectivity index (χ0n) is 15.2. The number of aliphatic hydroxyl groups excluding tert-OH is 1. The number of nitrogens with one attached hydrogen (secondary N) is 1. The number of fused-ring (bicyclic) bond motifs is 1. The number of carbonyl (C=O) groups is 1. The van der Waals surface area contributed by atoms with Gasteiger partial charge in [0.25, 0.3) is 5.91 Å². The second-order valence-corrected chi connectivity index (χ2v) is 6.57. The normalized spacial score (nSPS) is 12.0. The van der Waals surface area contributed by atoms with Gasteiger partial charge in [-0.05, 0) is 22.8 Å². The van der Waals surface area contributed by atoms with Crippen molar-refractivity contribution in [3.05, 3.63) is 90.1 Å². The highest BCUT2D eigenvalue weighted by atomic mass is 16.5. The topological polar surface area (TPSA) is 75.4 Å². The molecule has 1 atom stereocenters. The molecule has 1 amide bonds. The molecule has 0 radical (unpaired) electrons. The highest BCUT2D eigenvalue weighted by Gasteiger charge is 2.15. The molecule has 0 bridgehead atoms. The lowest BCUT2D eigenvalue weighted by Crippen LogP contribution is -2.25. The molecule has 1 unspecified atom stereocenters. The Morgan fingerprint density at radius 2 is 1.75 bits per heavy atom. The molecule has 140 valence electrons. The first kappa shape index (κ1) is 17.9. The smallest absolute Gasteiger partial charge is 0.273 e. The third kappa shape index (κ3) is 3.80. The number of aliphatic hydroxyl groups is 1. The highest BCUT2D eigenvalue weighted by molar-refractivity contribution is 5.93. The van der Waals surface area contributed by atoms with Crippen LogP contribution in [0.1, 0.15) is 28.6 Å². The number of hydrogen-bond acceptors (Lipinski definition) is 4. The maximum Gasteiger partial charge on any atom is 0.273 e. The largest absolute Gasteiger partial charge is 0.388 e. The lowest BCUT2D eigenvalue weighted by molar-refractivity contribution is 0.0934. The van der Waals surface area contributed by atoms with Gasteiger partial charge in [-0.1, -0.05) is 78.0 Å². The van der Waals surface area contributed by atoms with E-state index in [1.165, 1.54) is 0 Å². The van der Waals surface area contributed by atoms with Crippen molar-refractivity contribution in [2.24, 2.45) is 0 Å². The number of benzene rings is 3. The van der Waals surface area contributed by atoms with Crippen molar-refractivity contribution < 1.29 is 14.4 Å². The Kier molecular flexibility index (Phi) is 5.17. The van der Waals surface area contributed by atoms with Gasteiger partial charge in [-0.2, -0.15) is 0 Å². The highest BCUT2D eigenvalue weighted by Crippen LogP contribution is 2.26. The SMILES string of the molecule is O=C(NCCC(O)c1cccc2ccccc12)c1cc(-c2ccccc2)on1. The van der Waals surface area contributed by atoms with E-state index in [1.807, 2.05) is 72.8 Å². The first-order chi connectivity index (χ1) is 13.7. The Bertz CT molecular complexity index is 1080. The number of amides is 1. The molecule has 28 heavy (non-hydrogen) atoms. The van der Waals surface area contributed by atoms with Crippen LogP contribution in [0.5, 0.6) is 0 Å². The van der Waals surface area contributed by atoms with Crippen LogP contribution in [0.3, 0.4) is 0 Å². The van der Waals surface area contributed by atoms with E-state index in [4.69, 9.17) is 4.52 Å². The van der Waals surface area contributed by atoms with Crippen LogP contribution in [0, 0.1) is 0 Å². The first-order valence-electron chi connectivity index (χ1n) is 9.18. The minimum Gasteiger partial charge on any atom is -0.388 e. The Morgan fingerprint density at radius 3 is 2.61 bits per heavy atom. The lowest BCUT2D eigenvalue weighted by Gasteiger charge is -2.14. The van der Waals surface area contributed by atoms with Crippen molar-refractivity contribution in [1.82, 2.24) is 10.5 Å². The predicted octanol–water partition coefficient (Wildman–Crippen LogP) is 4.35. The van der Waals surface area contributed by atoms with E-state index in [0.717, 1.165) is 21.9 Å². The van der Waals surface area contributed by atoms with Crippen LogP contribution >= 0.6 is 0 Å². The molecule has 1 aromatic heterocycles. The summed E-state index contributed by atoms with van der Waals surface area (Å²) in [6, 6.07) is 24.9. The van der Waals surface area contributed by atoms with Crippen LogP contribution in [0.2, 0.25) is 0 Å². The molecule has 1 heterocycles. The molecule has 4 aromatic rings. The molecule has 0 aliphatic carbocycles. The van der Waals surface area contributed by atoms with E-state index in [1.54, 1.807) is 6.07 Å². The number of aromatic nitrogens is 1. The fourth-order valence-corrected chi connectivity index (χ4v) is 3.23. The van der Waals surface area contributed by atoms with E-state index < -0.39 is 6.10 Å². The standard InChI is InChI=1S/C23H20N2O3/c26-21(19-12-6-10-16-7-4-5-11-18(16)19)13-14-24-23(27)20-15-22(28-25-20)17-8-2-1-3-9-17/h1-12,15,21,26H,13-14H2,(H,24,27). The number of hydrogen-bond donors (Lipinski definition) is 2. The Labute approximate surface area is 162 Å². The van der Waals surface area contributed by atoms with E-state index in [0.29, 0.717) is 18.7 Å². The summed E-state index contributed by atoms with van der Waals surface area (Å²) in [5.74, 6) is 0.220. The summed E-state index contributed by atoms with van der Waals surface area (Å²) in [5.41, 5.74) is 1.94. The molecule has 4 rings (SSSR count). The molecule has 5 heteroatoms. The molecule has 0 spiro atoms. The Morgan fingerprint density at radius 1 is 1.00 bits per heavy atom. The second-order valence-electron chi connectivity index (χ2n) is 6.57. The summed E-state index contributed by atoms with van der Waals surface area (Å²) < 4.78 is 5.26. The monoisotopic (exact) mass is 372 g/mol. The lowest BCUT2D eigenvalue weighted by atomic mass is 9.99. The average molecular weight is 372 g/mol.